The van der Waals surface area contributed by atoms with E-state index in [2.05, 4.69) is 0 Å². The molecule has 1 aromatic heterocycles. The number of rotatable bonds is 2. The first-order valence-electron chi connectivity index (χ1n) is 5.32. The largest absolute Gasteiger partial charge is 0.394 e. The molecule has 1 saturated heterocycles. The van der Waals surface area contributed by atoms with Crippen LogP contribution in [0.2, 0.25) is 0 Å². The molecule has 4 unspecified atom stereocenters. The number of hydrogen-bond donors (Lipinski definition) is 3. The van der Waals surface area contributed by atoms with Crippen molar-refractivity contribution in [1.82, 2.24) is 9.55 Å². The SMILES string of the molecule is CC1(O)C(F)C(CO)OC1n1ccc(=O)[nH]c1=O. The molecular formula is C10H13FN2O5. The smallest absolute Gasteiger partial charge is 0.330 e. The summed E-state index contributed by atoms with van der Waals surface area (Å²) < 4.78 is 19.8. The summed E-state index contributed by atoms with van der Waals surface area (Å²) in [4.78, 5) is 24.4. The van der Waals surface area contributed by atoms with Gasteiger partial charge in [0.05, 0.1) is 6.61 Å². The first kappa shape index (κ1) is 12.9. The minimum Gasteiger partial charge on any atom is -0.394 e. The molecule has 0 aliphatic carbocycles. The van der Waals surface area contributed by atoms with Crippen LogP contribution in [-0.4, -0.2) is 44.2 Å². The van der Waals surface area contributed by atoms with E-state index in [4.69, 9.17) is 9.84 Å². The van der Waals surface area contributed by atoms with Gasteiger partial charge in [-0.15, -0.1) is 0 Å². The molecule has 0 spiro atoms. The molecule has 1 aliphatic rings. The Labute approximate surface area is 100 Å². The van der Waals surface area contributed by atoms with Gasteiger partial charge in [-0.3, -0.25) is 14.3 Å². The molecule has 0 bridgehead atoms. The molecule has 0 aromatic carbocycles. The number of aromatic amines is 1. The lowest BCUT2D eigenvalue weighted by atomic mass is 9.98. The normalized spacial score (nSPS) is 35.9. The Bertz CT molecular complexity index is 552. The molecule has 4 atom stereocenters. The zero-order chi connectivity index (χ0) is 13.5. The van der Waals surface area contributed by atoms with Crippen LogP contribution in [0.15, 0.2) is 21.9 Å². The van der Waals surface area contributed by atoms with Gasteiger partial charge in [-0.1, -0.05) is 0 Å². The molecule has 0 saturated carbocycles. The third-order valence-electron chi connectivity index (χ3n) is 2.97. The first-order valence-corrected chi connectivity index (χ1v) is 5.32. The highest BCUT2D eigenvalue weighted by atomic mass is 19.1. The number of aliphatic hydroxyl groups excluding tert-OH is 1. The van der Waals surface area contributed by atoms with E-state index < -0.39 is 42.0 Å². The predicted molar refractivity (Wildman–Crippen MR) is 57.8 cm³/mol. The maximum absolute atomic E-state index is 13.8. The maximum Gasteiger partial charge on any atom is 0.330 e. The van der Waals surface area contributed by atoms with Crippen LogP contribution in [0.3, 0.4) is 0 Å². The Kier molecular flexibility index (Phi) is 3.09. The predicted octanol–water partition coefficient (Wildman–Crippen LogP) is -1.48. The number of alkyl halides is 1. The number of halogens is 1. The highest BCUT2D eigenvalue weighted by Crippen LogP contribution is 2.38. The van der Waals surface area contributed by atoms with E-state index in [0.717, 1.165) is 23.8 Å². The fraction of sp³-hybridized carbons (Fsp3) is 0.600. The lowest BCUT2D eigenvalue weighted by Gasteiger charge is -2.26. The molecule has 1 aliphatic heterocycles. The fourth-order valence-corrected chi connectivity index (χ4v) is 1.98. The van der Waals surface area contributed by atoms with Crippen molar-refractivity contribution < 1.29 is 19.3 Å². The monoisotopic (exact) mass is 260 g/mol. The van der Waals surface area contributed by atoms with Crippen LogP contribution in [-0.2, 0) is 4.74 Å². The molecule has 1 aromatic rings. The quantitative estimate of drug-likeness (QED) is 0.601. The van der Waals surface area contributed by atoms with E-state index in [9.17, 15) is 19.1 Å². The van der Waals surface area contributed by atoms with Crippen LogP contribution < -0.4 is 11.2 Å². The molecule has 18 heavy (non-hydrogen) atoms. The van der Waals surface area contributed by atoms with E-state index in [1.165, 1.54) is 0 Å². The van der Waals surface area contributed by atoms with Gasteiger partial charge in [-0.25, -0.2) is 9.18 Å². The van der Waals surface area contributed by atoms with Gasteiger partial charge in [0.25, 0.3) is 5.56 Å². The van der Waals surface area contributed by atoms with Gasteiger partial charge in [-0.2, -0.15) is 0 Å². The van der Waals surface area contributed by atoms with E-state index in [1.807, 2.05) is 4.98 Å². The standard InChI is InChI=1S/C10H13FN2O5/c1-10(17)7(11)5(4-14)18-8(10)13-3-2-6(15)12-9(13)16/h2-3,5,7-8,14,17H,4H2,1H3,(H,12,15,16). The molecule has 0 radical (unpaired) electrons. The highest BCUT2D eigenvalue weighted by Gasteiger charge is 2.54. The molecular weight excluding hydrogens is 247 g/mol. The summed E-state index contributed by atoms with van der Waals surface area (Å²) in [7, 11) is 0. The van der Waals surface area contributed by atoms with Crippen LogP contribution in [0.1, 0.15) is 13.2 Å². The van der Waals surface area contributed by atoms with E-state index >= 15 is 0 Å². The number of aromatic nitrogens is 2. The fourth-order valence-electron chi connectivity index (χ4n) is 1.98. The number of ether oxygens (including phenoxy) is 1. The molecule has 0 amide bonds. The second-order valence-corrected chi connectivity index (χ2v) is 4.35. The zero-order valence-corrected chi connectivity index (χ0v) is 9.54. The number of nitrogens with one attached hydrogen (secondary N) is 1. The number of nitrogens with zero attached hydrogens (tertiary/aromatic N) is 1. The van der Waals surface area contributed by atoms with Crippen molar-refractivity contribution in [2.24, 2.45) is 0 Å². The second kappa shape index (κ2) is 4.30. The van der Waals surface area contributed by atoms with Crippen molar-refractivity contribution in [2.45, 2.75) is 31.0 Å². The van der Waals surface area contributed by atoms with Crippen molar-refractivity contribution >= 4 is 0 Å². The van der Waals surface area contributed by atoms with Gasteiger partial charge in [-0.05, 0) is 6.92 Å². The van der Waals surface area contributed by atoms with Crippen LogP contribution in [0.25, 0.3) is 0 Å². The summed E-state index contributed by atoms with van der Waals surface area (Å²) in [5.41, 5.74) is -3.40. The molecule has 8 heteroatoms. The van der Waals surface area contributed by atoms with Crippen LogP contribution in [0.4, 0.5) is 4.39 Å². The lowest BCUT2D eigenvalue weighted by Crippen LogP contribution is -2.45. The Morgan fingerprint density at radius 2 is 2.28 bits per heavy atom. The third kappa shape index (κ3) is 1.88. The molecule has 2 rings (SSSR count). The number of H-pyrrole nitrogens is 1. The van der Waals surface area contributed by atoms with E-state index in [0.29, 0.717) is 0 Å². The van der Waals surface area contributed by atoms with Crippen molar-refractivity contribution in [3.05, 3.63) is 33.1 Å². The van der Waals surface area contributed by atoms with E-state index in [-0.39, 0.29) is 0 Å². The van der Waals surface area contributed by atoms with Crippen LogP contribution in [0.5, 0.6) is 0 Å². The second-order valence-electron chi connectivity index (χ2n) is 4.35. The summed E-state index contributed by atoms with van der Waals surface area (Å²) in [6.45, 7) is 0.543. The van der Waals surface area contributed by atoms with Gasteiger partial charge in [0.2, 0.25) is 0 Å². The zero-order valence-electron chi connectivity index (χ0n) is 9.54. The van der Waals surface area contributed by atoms with Gasteiger partial charge < -0.3 is 14.9 Å². The first-order chi connectivity index (χ1) is 8.37. The molecule has 7 nitrogen and oxygen atoms in total. The Balaban J connectivity index is 2.45. The average molecular weight is 260 g/mol. The van der Waals surface area contributed by atoms with Gasteiger partial charge in [0.15, 0.2) is 12.4 Å². The lowest BCUT2D eigenvalue weighted by molar-refractivity contribution is -0.0933. The summed E-state index contributed by atoms with van der Waals surface area (Å²) in [6, 6.07) is 1.06. The Hall–Kier alpha value is -1.51. The Morgan fingerprint density at radius 3 is 2.78 bits per heavy atom. The summed E-state index contributed by atoms with van der Waals surface area (Å²) >= 11 is 0. The summed E-state index contributed by atoms with van der Waals surface area (Å²) in [5, 5.41) is 18.9. The third-order valence-corrected chi connectivity index (χ3v) is 2.97. The molecule has 100 valence electrons. The molecule has 3 N–H and O–H groups in total. The molecule has 1 fully saturated rings. The highest BCUT2D eigenvalue weighted by molar-refractivity contribution is 5.00. The summed E-state index contributed by atoms with van der Waals surface area (Å²) in [5.74, 6) is 0. The van der Waals surface area contributed by atoms with Crippen molar-refractivity contribution in [1.29, 1.82) is 0 Å². The van der Waals surface area contributed by atoms with Gasteiger partial charge in [0, 0.05) is 12.3 Å². The van der Waals surface area contributed by atoms with Crippen molar-refractivity contribution in [3.63, 3.8) is 0 Å². The van der Waals surface area contributed by atoms with Gasteiger partial charge >= 0.3 is 5.69 Å². The number of hydrogen-bond acceptors (Lipinski definition) is 5. The number of aliphatic hydroxyl groups is 2. The van der Waals surface area contributed by atoms with Crippen molar-refractivity contribution in [2.75, 3.05) is 6.61 Å². The Morgan fingerprint density at radius 1 is 1.61 bits per heavy atom. The van der Waals surface area contributed by atoms with Crippen LogP contribution >= 0.6 is 0 Å². The van der Waals surface area contributed by atoms with Crippen molar-refractivity contribution in [3.8, 4) is 0 Å². The topological polar surface area (TPSA) is 105 Å². The van der Waals surface area contributed by atoms with Gasteiger partial charge in [0.1, 0.15) is 11.7 Å². The molecule has 2 heterocycles. The summed E-state index contributed by atoms with van der Waals surface area (Å²) in [6.07, 6.45) is -3.27. The minimum atomic E-state index is -1.98. The average Bonchev–Trinajstić information content (AvgIpc) is 2.52. The van der Waals surface area contributed by atoms with Crippen LogP contribution in [0, 0.1) is 0 Å². The van der Waals surface area contributed by atoms with E-state index in [1.54, 1.807) is 0 Å². The maximum atomic E-state index is 13.8. The minimum absolute atomic E-state index is 0.607.